The summed E-state index contributed by atoms with van der Waals surface area (Å²) in [6, 6.07) is 10.7. The number of hydrogen-bond donors (Lipinski definition) is 0. The van der Waals surface area contributed by atoms with Crippen LogP contribution in [-0.2, 0) is 4.74 Å². The topological polar surface area (TPSA) is 15.7 Å². The maximum absolute atomic E-state index is 5.40. The number of hydrogen-bond acceptors (Lipinski definition) is 4. The van der Waals surface area contributed by atoms with E-state index in [1.165, 1.54) is 36.7 Å². The molecule has 0 amide bonds. The molecule has 2 rings (SSSR count). The van der Waals surface area contributed by atoms with E-state index in [1.807, 2.05) is 11.8 Å². The van der Waals surface area contributed by atoms with E-state index >= 15 is 0 Å². The quantitative estimate of drug-likeness (QED) is 0.515. The number of thioether (sulfide) groups is 1. The first-order valence-electron chi connectivity index (χ1n) is 8.09. The van der Waals surface area contributed by atoms with Crippen molar-refractivity contribution in [3.05, 3.63) is 30.3 Å². The van der Waals surface area contributed by atoms with Crippen molar-refractivity contribution >= 4 is 11.8 Å². The third kappa shape index (κ3) is 6.83. The van der Waals surface area contributed by atoms with Crippen LogP contribution in [0, 0.1) is 0 Å². The lowest BCUT2D eigenvalue weighted by Crippen LogP contribution is -2.41. The molecule has 0 saturated carbocycles. The van der Waals surface area contributed by atoms with Gasteiger partial charge in [0.25, 0.3) is 0 Å². The van der Waals surface area contributed by atoms with Crippen molar-refractivity contribution in [2.24, 2.45) is 0 Å². The van der Waals surface area contributed by atoms with Gasteiger partial charge in [-0.1, -0.05) is 25.1 Å². The Morgan fingerprint density at radius 1 is 1.14 bits per heavy atom. The van der Waals surface area contributed by atoms with Crippen LogP contribution in [0.3, 0.4) is 0 Å². The van der Waals surface area contributed by atoms with E-state index in [2.05, 4.69) is 47.1 Å². The Balaban J connectivity index is 1.56. The van der Waals surface area contributed by atoms with E-state index in [-0.39, 0.29) is 0 Å². The lowest BCUT2D eigenvalue weighted by molar-refractivity contribution is 0.0336. The van der Waals surface area contributed by atoms with Crippen molar-refractivity contribution in [2.75, 3.05) is 58.2 Å². The first-order chi connectivity index (χ1) is 10.4. The van der Waals surface area contributed by atoms with Gasteiger partial charge in [0.2, 0.25) is 0 Å². The van der Waals surface area contributed by atoms with Gasteiger partial charge in [-0.2, -0.15) is 0 Å². The van der Waals surface area contributed by atoms with E-state index in [1.54, 1.807) is 0 Å². The summed E-state index contributed by atoms with van der Waals surface area (Å²) in [7, 11) is 0. The SMILES string of the molecule is CCN(CCCSc1ccccc1)CCN1CCOCC1. The van der Waals surface area contributed by atoms with Crippen LogP contribution < -0.4 is 0 Å². The van der Waals surface area contributed by atoms with Gasteiger partial charge in [0.05, 0.1) is 13.2 Å². The van der Waals surface area contributed by atoms with Crippen LogP contribution in [0.1, 0.15) is 13.3 Å². The lowest BCUT2D eigenvalue weighted by atomic mass is 10.3. The zero-order valence-corrected chi connectivity index (χ0v) is 14.0. The number of ether oxygens (including phenoxy) is 1. The van der Waals surface area contributed by atoms with Crippen LogP contribution in [0.15, 0.2) is 35.2 Å². The van der Waals surface area contributed by atoms with Crippen molar-refractivity contribution in [3.63, 3.8) is 0 Å². The smallest absolute Gasteiger partial charge is 0.0594 e. The second kappa shape index (κ2) is 10.2. The molecule has 21 heavy (non-hydrogen) atoms. The monoisotopic (exact) mass is 308 g/mol. The Morgan fingerprint density at radius 3 is 2.62 bits per heavy atom. The fourth-order valence-corrected chi connectivity index (χ4v) is 3.39. The van der Waals surface area contributed by atoms with Gasteiger partial charge in [0.15, 0.2) is 0 Å². The van der Waals surface area contributed by atoms with Gasteiger partial charge in [-0.25, -0.2) is 0 Å². The lowest BCUT2D eigenvalue weighted by Gasteiger charge is -2.29. The maximum atomic E-state index is 5.40. The molecule has 0 radical (unpaired) electrons. The summed E-state index contributed by atoms with van der Waals surface area (Å²) in [6.07, 6.45) is 1.26. The summed E-state index contributed by atoms with van der Waals surface area (Å²) >= 11 is 1.97. The molecule has 3 nitrogen and oxygen atoms in total. The molecule has 1 aromatic rings. The molecule has 1 aromatic carbocycles. The first-order valence-corrected chi connectivity index (χ1v) is 9.07. The highest BCUT2D eigenvalue weighted by molar-refractivity contribution is 7.99. The van der Waals surface area contributed by atoms with E-state index in [4.69, 9.17) is 4.74 Å². The van der Waals surface area contributed by atoms with Crippen LogP contribution in [0.4, 0.5) is 0 Å². The minimum absolute atomic E-state index is 0.903. The molecule has 1 saturated heterocycles. The third-order valence-corrected chi connectivity index (χ3v) is 5.01. The van der Waals surface area contributed by atoms with Crippen molar-refractivity contribution in [3.8, 4) is 0 Å². The predicted molar refractivity (Wildman–Crippen MR) is 91.2 cm³/mol. The Labute approximate surface area is 133 Å². The molecule has 0 aliphatic carbocycles. The minimum atomic E-state index is 0.903. The van der Waals surface area contributed by atoms with E-state index in [0.29, 0.717) is 0 Å². The summed E-state index contributed by atoms with van der Waals surface area (Å²) in [6.45, 7) is 11.0. The zero-order valence-electron chi connectivity index (χ0n) is 13.2. The van der Waals surface area contributed by atoms with Crippen molar-refractivity contribution < 1.29 is 4.74 Å². The third-order valence-electron chi connectivity index (χ3n) is 3.91. The Hall–Kier alpha value is -0.550. The molecular weight excluding hydrogens is 280 g/mol. The molecule has 1 aliphatic rings. The second-order valence-electron chi connectivity index (χ2n) is 5.40. The van der Waals surface area contributed by atoms with Gasteiger partial charge in [-0.15, -0.1) is 11.8 Å². The molecule has 118 valence electrons. The van der Waals surface area contributed by atoms with Gasteiger partial charge in [0.1, 0.15) is 0 Å². The molecule has 0 bridgehead atoms. The molecule has 0 spiro atoms. The molecule has 0 aromatic heterocycles. The average Bonchev–Trinajstić information content (AvgIpc) is 2.56. The standard InChI is InChI=1S/C17H28N2OS/c1-2-18(10-11-19-12-14-20-15-13-19)9-6-16-21-17-7-4-3-5-8-17/h3-5,7-8H,2,6,9-16H2,1H3. The van der Waals surface area contributed by atoms with Gasteiger partial charge in [-0.05, 0) is 37.4 Å². The van der Waals surface area contributed by atoms with Crippen molar-refractivity contribution in [1.82, 2.24) is 9.80 Å². The molecule has 1 fully saturated rings. The number of nitrogens with zero attached hydrogens (tertiary/aromatic N) is 2. The zero-order chi connectivity index (χ0) is 14.8. The van der Waals surface area contributed by atoms with Crippen LogP contribution in [0.2, 0.25) is 0 Å². The number of rotatable bonds is 9. The Bertz CT molecular complexity index is 368. The van der Waals surface area contributed by atoms with Crippen LogP contribution in [-0.4, -0.2) is 68.0 Å². The summed E-state index contributed by atoms with van der Waals surface area (Å²) in [5.41, 5.74) is 0. The highest BCUT2D eigenvalue weighted by Crippen LogP contribution is 2.17. The summed E-state index contributed by atoms with van der Waals surface area (Å²) < 4.78 is 5.40. The average molecular weight is 308 g/mol. The van der Waals surface area contributed by atoms with Crippen molar-refractivity contribution in [2.45, 2.75) is 18.2 Å². The van der Waals surface area contributed by atoms with Crippen LogP contribution in [0.5, 0.6) is 0 Å². The van der Waals surface area contributed by atoms with E-state index in [0.717, 1.165) is 32.8 Å². The van der Waals surface area contributed by atoms with E-state index in [9.17, 15) is 0 Å². The first kappa shape index (κ1) is 16.8. The molecule has 1 aliphatic heterocycles. The van der Waals surface area contributed by atoms with Crippen LogP contribution in [0.25, 0.3) is 0 Å². The second-order valence-corrected chi connectivity index (χ2v) is 6.57. The van der Waals surface area contributed by atoms with E-state index < -0.39 is 0 Å². The van der Waals surface area contributed by atoms with Crippen LogP contribution >= 0.6 is 11.8 Å². The Morgan fingerprint density at radius 2 is 1.90 bits per heavy atom. The normalized spacial score (nSPS) is 16.5. The van der Waals surface area contributed by atoms with Gasteiger partial charge in [-0.3, -0.25) is 4.90 Å². The summed E-state index contributed by atoms with van der Waals surface area (Å²) in [5.74, 6) is 1.21. The summed E-state index contributed by atoms with van der Waals surface area (Å²) in [5, 5.41) is 0. The molecule has 0 unspecified atom stereocenters. The summed E-state index contributed by atoms with van der Waals surface area (Å²) in [4.78, 5) is 6.47. The number of morpholine rings is 1. The predicted octanol–water partition coefficient (Wildman–Crippen LogP) is 2.82. The molecule has 0 atom stereocenters. The highest BCUT2D eigenvalue weighted by atomic mass is 32.2. The minimum Gasteiger partial charge on any atom is -0.379 e. The maximum Gasteiger partial charge on any atom is 0.0594 e. The number of benzene rings is 1. The highest BCUT2D eigenvalue weighted by Gasteiger charge is 2.11. The Kier molecular flexibility index (Phi) is 8.18. The largest absolute Gasteiger partial charge is 0.379 e. The molecule has 0 N–H and O–H groups in total. The van der Waals surface area contributed by atoms with Gasteiger partial charge < -0.3 is 9.64 Å². The van der Waals surface area contributed by atoms with Crippen molar-refractivity contribution in [1.29, 1.82) is 0 Å². The van der Waals surface area contributed by atoms with Gasteiger partial charge in [0, 0.05) is 31.1 Å². The number of likely N-dealkylation sites (N-methyl/N-ethyl adjacent to an activating group) is 1. The molecular formula is C17H28N2OS. The molecule has 1 heterocycles. The fraction of sp³-hybridized carbons (Fsp3) is 0.647. The fourth-order valence-electron chi connectivity index (χ4n) is 2.53. The van der Waals surface area contributed by atoms with Gasteiger partial charge >= 0.3 is 0 Å². The molecule has 4 heteroatoms.